The van der Waals surface area contributed by atoms with Crippen LogP contribution in [0, 0.1) is 0 Å². The lowest BCUT2D eigenvalue weighted by Crippen LogP contribution is -2.00. The number of aromatic nitrogens is 2. The fourth-order valence-corrected chi connectivity index (χ4v) is 0.765. The fourth-order valence-electron chi connectivity index (χ4n) is 0.765. The third kappa shape index (κ3) is 5.29. The number of nitrogens with two attached hydrogens (primary N) is 1. The first-order valence-electron chi connectivity index (χ1n) is 3.37. The molecule has 1 aromatic rings. The summed E-state index contributed by atoms with van der Waals surface area (Å²) < 4.78 is 0. The van der Waals surface area contributed by atoms with Crippen LogP contribution >= 0.6 is 24.8 Å². The van der Waals surface area contributed by atoms with Crippen molar-refractivity contribution < 1.29 is 0 Å². The predicted octanol–water partition coefficient (Wildman–Crippen LogP) is 1.21. The molecule has 0 bridgehead atoms. The van der Waals surface area contributed by atoms with E-state index in [0.29, 0.717) is 0 Å². The molecular weight excluding hydrogens is 197 g/mol. The summed E-state index contributed by atoms with van der Waals surface area (Å²) >= 11 is 0. The SMILES string of the molecule is Cl.Cl.NCCCc1cncnc1. The van der Waals surface area contributed by atoms with Crippen molar-refractivity contribution in [2.24, 2.45) is 5.73 Å². The van der Waals surface area contributed by atoms with Gasteiger partial charge in [-0.3, -0.25) is 0 Å². The Balaban J connectivity index is 0. The third-order valence-corrected chi connectivity index (χ3v) is 1.28. The van der Waals surface area contributed by atoms with Crippen LogP contribution in [0.2, 0.25) is 0 Å². The average molecular weight is 210 g/mol. The van der Waals surface area contributed by atoms with Gasteiger partial charge in [-0.15, -0.1) is 24.8 Å². The highest BCUT2D eigenvalue weighted by Gasteiger charge is 1.89. The van der Waals surface area contributed by atoms with Gasteiger partial charge in [0.2, 0.25) is 0 Å². The van der Waals surface area contributed by atoms with Crippen molar-refractivity contribution in [2.75, 3.05) is 6.54 Å². The van der Waals surface area contributed by atoms with Gasteiger partial charge in [0.1, 0.15) is 6.33 Å². The number of rotatable bonds is 3. The van der Waals surface area contributed by atoms with Crippen LogP contribution in [0.3, 0.4) is 0 Å². The smallest absolute Gasteiger partial charge is 0.115 e. The lowest BCUT2D eigenvalue weighted by molar-refractivity contribution is 0.823. The third-order valence-electron chi connectivity index (χ3n) is 1.28. The molecule has 12 heavy (non-hydrogen) atoms. The van der Waals surface area contributed by atoms with Crippen LogP contribution < -0.4 is 5.73 Å². The fraction of sp³-hybridized carbons (Fsp3) is 0.429. The monoisotopic (exact) mass is 209 g/mol. The van der Waals surface area contributed by atoms with Gasteiger partial charge in [0.25, 0.3) is 0 Å². The minimum Gasteiger partial charge on any atom is -0.330 e. The molecule has 0 spiro atoms. The molecule has 3 nitrogen and oxygen atoms in total. The average Bonchev–Trinajstić information content (AvgIpc) is 2.03. The molecule has 0 unspecified atom stereocenters. The summed E-state index contributed by atoms with van der Waals surface area (Å²) in [6.45, 7) is 0.731. The van der Waals surface area contributed by atoms with Crippen LogP contribution in [0.15, 0.2) is 18.7 Å². The highest BCUT2D eigenvalue weighted by Crippen LogP contribution is 1.95. The molecule has 1 rings (SSSR count). The maximum atomic E-state index is 5.34. The Labute approximate surface area is 84.6 Å². The van der Waals surface area contributed by atoms with Crippen LogP contribution in [0.5, 0.6) is 0 Å². The van der Waals surface area contributed by atoms with E-state index in [1.807, 2.05) is 12.4 Å². The normalized spacial score (nSPS) is 8.08. The Morgan fingerprint density at radius 2 is 1.75 bits per heavy atom. The van der Waals surface area contributed by atoms with E-state index in [9.17, 15) is 0 Å². The van der Waals surface area contributed by atoms with Gasteiger partial charge in [0.05, 0.1) is 0 Å². The van der Waals surface area contributed by atoms with E-state index in [4.69, 9.17) is 5.73 Å². The standard InChI is InChI=1S/C7H11N3.2ClH/c8-3-1-2-7-4-9-6-10-5-7;;/h4-6H,1-3,8H2;2*1H. The van der Waals surface area contributed by atoms with Crippen LogP contribution in [0.25, 0.3) is 0 Å². The van der Waals surface area contributed by atoms with Crippen LogP contribution in [-0.2, 0) is 6.42 Å². The Kier molecular flexibility index (Phi) is 10.3. The molecule has 0 amide bonds. The Bertz CT molecular complexity index is 181. The molecule has 1 heterocycles. The molecule has 0 atom stereocenters. The van der Waals surface area contributed by atoms with Gasteiger partial charge in [0.15, 0.2) is 0 Å². The van der Waals surface area contributed by atoms with Gasteiger partial charge in [0, 0.05) is 12.4 Å². The first kappa shape index (κ1) is 14.2. The minimum atomic E-state index is 0. The molecule has 0 radical (unpaired) electrons. The molecule has 0 aliphatic heterocycles. The summed E-state index contributed by atoms with van der Waals surface area (Å²) in [4.78, 5) is 7.77. The molecule has 0 aliphatic carbocycles. The van der Waals surface area contributed by atoms with Crippen molar-refractivity contribution in [3.8, 4) is 0 Å². The quantitative estimate of drug-likeness (QED) is 0.815. The first-order chi connectivity index (χ1) is 4.93. The molecular formula is C7H13Cl2N3. The topological polar surface area (TPSA) is 51.8 Å². The van der Waals surface area contributed by atoms with Crippen LogP contribution in [0.1, 0.15) is 12.0 Å². The highest BCUT2D eigenvalue weighted by molar-refractivity contribution is 5.85. The molecule has 0 aliphatic rings. The molecule has 5 heteroatoms. The Morgan fingerprint density at radius 1 is 1.17 bits per heavy atom. The zero-order valence-corrected chi connectivity index (χ0v) is 8.27. The second-order valence-electron chi connectivity index (χ2n) is 2.14. The first-order valence-corrected chi connectivity index (χ1v) is 3.37. The number of aryl methyl sites for hydroxylation is 1. The number of hydrogen-bond donors (Lipinski definition) is 1. The molecule has 0 saturated heterocycles. The number of hydrogen-bond acceptors (Lipinski definition) is 3. The summed E-state index contributed by atoms with van der Waals surface area (Å²) in [5.74, 6) is 0. The number of nitrogens with zero attached hydrogens (tertiary/aromatic N) is 2. The lowest BCUT2D eigenvalue weighted by atomic mass is 10.2. The summed E-state index contributed by atoms with van der Waals surface area (Å²) in [5, 5.41) is 0. The van der Waals surface area contributed by atoms with Crippen molar-refractivity contribution in [3.05, 3.63) is 24.3 Å². The van der Waals surface area contributed by atoms with E-state index >= 15 is 0 Å². The molecule has 70 valence electrons. The van der Waals surface area contributed by atoms with Gasteiger partial charge in [-0.2, -0.15) is 0 Å². The van der Waals surface area contributed by atoms with Crippen molar-refractivity contribution in [3.63, 3.8) is 0 Å². The molecule has 0 fully saturated rings. The van der Waals surface area contributed by atoms with E-state index in [1.165, 1.54) is 6.33 Å². The molecule has 0 aromatic carbocycles. The van der Waals surface area contributed by atoms with E-state index in [-0.39, 0.29) is 24.8 Å². The highest BCUT2D eigenvalue weighted by atomic mass is 35.5. The molecule has 0 saturated carbocycles. The summed E-state index contributed by atoms with van der Waals surface area (Å²) in [5.41, 5.74) is 6.50. The zero-order chi connectivity index (χ0) is 7.23. The van der Waals surface area contributed by atoms with Crippen molar-refractivity contribution >= 4 is 24.8 Å². The van der Waals surface area contributed by atoms with Crippen molar-refractivity contribution in [1.29, 1.82) is 0 Å². The van der Waals surface area contributed by atoms with Gasteiger partial charge < -0.3 is 5.73 Å². The molecule has 2 N–H and O–H groups in total. The van der Waals surface area contributed by atoms with E-state index in [0.717, 1.165) is 24.9 Å². The van der Waals surface area contributed by atoms with Crippen LogP contribution in [0.4, 0.5) is 0 Å². The van der Waals surface area contributed by atoms with Gasteiger partial charge in [-0.25, -0.2) is 9.97 Å². The Hall–Kier alpha value is -0.380. The Morgan fingerprint density at radius 3 is 2.25 bits per heavy atom. The maximum Gasteiger partial charge on any atom is 0.115 e. The molecule has 1 aromatic heterocycles. The van der Waals surface area contributed by atoms with Crippen molar-refractivity contribution in [2.45, 2.75) is 12.8 Å². The summed E-state index contributed by atoms with van der Waals surface area (Å²) in [7, 11) is 0. The predicted molar refractivity (Wildman–Crippen MR) is 53.9 cm³/mol. The second-order valence-corrected chi connectivity index (χ2v) is 2.14. The van der Waals surface area contributed by atoms with E-state index in [2.05, 4.69) is 9.97 Å². The van der Waals surface area contributed by atoms with E-state index < -0.39 is 0 Å². The van der Waals surface area contributed by atoms with Gasteiger partial charge in [-0.05, 0) is 24.9 Å². The van der Waals surface area contributed by atoms with Gasteiger partial charge >= 0.3 is 0 Å². The second kappa shape index (κ2) is 8.71. The lowest BCUT2D eigenvalue weighted by Gasteiger charge is -1.95. The zero-order valence-electron chi connectivity index (χ0n) is 6.64. The van der Waals surface area contributed by atoms with E-state index in [1.54, 1.807) is 0 Å². The van der Waals surface area contributed by atoms with Crippen LogP contribution in [-0.4, -0.2) is 16.5 Å². The largest absolute Gasteiger partial charge is 0.330 e. The maximum absolute atomic E-state index is 5.34. The number of halogens is 2. The minimum absolute atomic E-state index is 0. The van der Waals surface area contributed by atoms with Crippen molar-refractivity contribution in [1.82, 2.24) is 9.97 Å². The summed E-state index contributed by atoms with van der Waals surface area (Å²) in [6, 6.07) is 0. The van der Waals surface area contributed by atoms with Gasteiger partial charge in [-0.1, -0.05) is 0 Å². The summed E-state index contributed by atoms with van der Waals surface area (Å²) in [6.07, 6.45) is 7.17.